The van der Waals surface area contributed by atoms with E-state index in [0.717, 1.165) is 5.56 Å². The molecular formula is C10H14N2O3S. The molecular weight excluding hydrogens is 228 g/mol. The number of primary amides is 1. The summed E-state index contributed by atoms with van der Waals surface area (Å²) in [6.07, 6.45) is 0. The first-order valence-electron chi connectivity index (χ1n) is 4.71. The van der Waals surface area contributed by atoms with Crippen LogP contribution in [-0.4, -0.2) is 20.4 Å². The zero-order chi connectivity index (χ0) is 12.3. The molecule has 0 bridgehead atoms. The Morgan fingerprint density at radius 2 is 1.81 bits per heavy atom. The lowest BCUT2D eigenvalue weighted by molar-refractivity contribution is -0.119. The maximum absolute atomic E-state index is 11.7. The van der Waals surface area contributed by atoms with Crippen molar-refractivity contribution in [1.29, 1.82) is 0 Å². The van der Waals surface area contributed by atoms with E-state index in [0.29, 0.717) is 0 Å². The Hall–Kier alpha value is -1.40. The quantitative estimate of drug-likeness (QED) is 0.787. The molecule has 0 saturated heterocycles. The standard InChI is InChI=1S/C10H14N2O3S/c1-7-3-5-9(6-4-7)16(14,15)12-8(2)10(11)13/h3-6,8,12H,1-2H3,(H2,11,13)/t8-/m1/s1. The number of sulfonamides is 1. The van der Waals surface area contributed by atoms with E-state index in [4.69, 9.17) is 5.73 Å². The van der Waals surface area contributed by atoms with Crippen LogP contribution >= 0.6 is 0 Å². The molecule has 1 atom stereocenters. The number of aryl methyl sites for hydroxylation is 1. The van der Waals surface area contributed by atoms with Crippen LogP contribution in [0.2, 0.25) is 0 Å². The summed E-state index contributed by atoms with van der Waals surface area (Å²) in [5.41, 5.74) is 5.94. The summed E-state index contributed by atoms with van der Waals surface area (Å²) in [6.45, 7) is 3.25. The Morgan fingerprint density at radius 1 is 1.31 bits per heavy atom. The number of hydrogen-bond donors (Lipinski definition) is 2. The molecule has 0 unspecified atom stereocenters. The normalized spacial score (nSPS) is 13.4. The van der Waals surface area contributed by atoms with E-state index in [1.165, 1.54) is 19.1 Å². The van der Waals surface area contributed by atoms with Crippen molar-refractivity contribution in [3.63, 3.8) is 0 Å². The van der Waals surface area contributed by atoms with Gasteiger partial charge in [0.2, 0.25) is 15.9 Å². The molecule has 0 heterocycles. The first kappa shape index (κ1) is 12.7. The molecule has 0 aromatic heterocycles. The minimum Gasteiger partial charge on any atom is -0.368 e. The van der Waals surface area contributed by atoms with Crippen molar-refractivity contribution in [2.24, 2.45) is 5.73 Å². The largest absolute Gasteiger partial charge is 0.368 e. The second-order valence-corrected chi connectivity index (χ2v) is 5.27. The van der Waals surface area contributed by atoms with Crippen molar-refractivity contribution in [1.82, 2.24) is 4.72 Å². The molecule has 0 fully saturated rings. The van der Waals surface area contributed by atoms with Gasteiger partial charge in [0.1, 0.15) is 0 Å². The highest BCUT2D eigenvalue weighted by molar-refractivity contribution is 7.89. The maximum atomic E-state index is 11.7. The van der Waals surface area contributed by atoms with Gasteiger partial charge in [-0.05, 0) is 26.0 Å². The number of carbonyl (C=O) groups excluding carboxylic acids is 1. The highest BCUT2D eigenvalue weighted by atomic mass is 32.2. The third-order valence-corrected chi connectivity index (χ3v) is 3.65. The van der Waals surface area contributed by atoms with E-state index in [1.807, 2.05) is 6.92 Å². The second-order valence-electron chi connectivity index (χ2n) is 3.56. The second kappa shape index (κ2) is 4.63. The van der Waals surface area contributed by atoms with Crippen molar-refractivity contribution >= 4 is 15.9 Å². The lowest BCUT2D eigenvalue weighted by atomic mass is 10.2. The first-order valence-corrected chi connectivity index (χ1v) is 6.19. The monoisotopic (exact) mass is 242 g/mol. The molecule has 0 aliphatic heterocycles. The van der Waals surface area contributed by atoms with Crippen LogP contribution in [0.3, 0.4) is 0 Å². The summed E-state index contributed by atoms with van der Waals surface area (Å²) in [7, 11) is -3.67. The van der Waals surface area contributed by atoms with Gasteiger partial charge in [0, 0.05) is 0 Å². The van der Waals surface area contributed by atoms with Crippen LogP contribution in [0, 0.1) is 6.92 Å². The minimum absolute atomic E-state index is 0.117. The summed E-state index contributed by atoms with van der Waals surface area (Å²) in [4.78, 5) is 10.9. The van der Waals surface area contributed by atoms with Crippen molar-refractivity contribution < 1.29 is 13.2 Å². The third kappa shape index (κ3) is 3.04. The van der Waals surface area contributed by atoms with Crippen LogP contribution in [-0.2, 0) is 14.8 Å². The summed E-state index contributed by atoms with van der Waals surface area (Å²) >= 11 is 0. The van der Waals surface area contributed by atoms with Gasteiger partial charge in [0.15, 0.2) is 0 Å². The fraction of sp³-hybridized carbons (Fsp3) is 0.300. The zero-order valence-corrected chi connectivity index (χ0v) is 9.91. The molecule has 3 N–H and O–H groups in total. The number of nitrogens with one attached hydrogen (secondary N) is 1. The molecule has 5 nitrogen and oxygen atoms in total. The van der Waals surface area contributed by atoms with Crippen LogP contribution < -0.4 is 10.5 Å². The zero-order valence-electron chi connectivity index (χ0n) is 9.10. The molecule has 16 heavy (non-hydrogen) atoms. The molecule has 6 heteroatoms. The number of benzene rings is 1. The van der Waals surface area contributed by atoms with Crippen LogP contribution in [0.4, 0.5) is 0 Å². The molecule has 1 amide bonds. The number of hydrogen-bond acceptors (Lipinski definition) is 3. The minimum atomic E-state index is -3.67. The Kier molecular flexibility index (Phi) is 3.66. The fourth-order valence-electron chi connectivity index (χ4n) is 1.08. The molecule has 88 valence electrons. The number of rotatable bonds is 4. The van der Waals surface area contributed by atoms with Crippen molar-refractivity contribution in [2.45, 2.75) is 24.8 Å². The molecule has 0 spiro atoms. The Bertz CT molecular complexity index is 479. The van der Waals surface area contributed by atoms with Gasteiger partial charge in [0.25, 0.3) is 0 Å². The van der Waals surface area contributed by atoms with E-state index in [9.17, 15) is 13.2 Å². The van der Waals surface area contributed by atoms with Crippen molar-refractivity contribution in [3.8, 4) is 0 Å². The van der Waals surface area contributed by atoms with Crippen molar-refractivity contribution in [2.75, 3.05) is 0 Å². The molecule has 1 aromatic rings. The number of carbonyl (C=O) groups is 1. The molecule has 0 aliphatic rings. The Labute approximate surface area is 94.7 Å². The summed E-state index contributed by atoms with van der Waals surface area (Å²) in [5, 5.41) is 0. The van der Waals surface area contributed by atoms with Gasteiger partial charge in [-0.25, -0.2) is 8.42 Å². The van der Waals surface area contributed by atoms with Crippen LogP contribution in [0.15, 0.2) is 29.2 Å². The average Bonchev–Trinajstić information content (AvgIpc) is 2.17. The Balaban J connectivity index is 2.94. The molecule has 1 rings (SSSR count). The highest BCUT2D eigenvalue weighted by Crippen LogP contribution is 2.10. The summed E-state index contributed by atoms with van der Waals surface area (Å²) < 4.78 is 25.7. The molecule has 1 aromatic carbocycles. The van der Waals surface area contributed by atoms with Gasteiger partial charge in [-0.2, -0.15) is 4.72 Å². The smallest absolute Gasteiger partial charge is 0.241 e. The molecule has 0 radical (unpaired) electrons. The third-order valence-electron chi connectivity index (χ3n) is 2.09. The average molecular weight is 242 g/mol. The topological polar surface area (TPSA) is 89.3 Å². The number of nitrogens with two attached hydrogens (primary N) is 1. The van der Waals surface area contributed by atoms with Crippen molar-refractivity contribution in [3.05, 3.63) is 29.8 Å². The van der Waals surface area contributed by atoms with Gasteiger partial charge in [0.05, 0.1) is 10.9 Å². The fourth-order valence-corrected chi connectivity index (χ4v) is 2.29. The van der Waals surface area contributed by atoms with E-state index >= 15 is 0 Å². The molecule has 0 aliphatic carbocycles. The van der Waals surface area contributed by atoms with E-state index in [-0.39, 0.29) is 4.90 Å². The van der Waals surface area contributed by atoms with Gasteiger partial charge in [-0.3, -0.25) is 4.79 Å². The summed E-state index contributed by atoms with van der Waals surface area (Å²) in [6, 6.07) is 5.40. The van der Waals surface area contributed by atoms with E-state index in [2.05, 4.69) is 4.72 Å². The molecule has 0 saturated carbocycles. The van der Waals surface area contributed by atoms with Gasteiger partial charge < -0.3 is 5.73 Å². The van der Waals surface area contributed by atoms with Gasteiger partial charge in [-0.1, -0.05) is 17.7 Å². The SMILES string of the molecule is Cc1ccc(S(=O)(=O)N[C@H](C)C(N)=O)cc1. The predicted octanol–water partition coefficient (Wildman–Crippen LogP) is 0.147. The highest BCUT2D eigenvalue weighted by Gasteiger charge is 2.19. The van der Waals surface area contributed by atoms with Crippen LogP contribution in [0.1, 0.15) is 12.5 Å². The van der Waals surface area contributed by atoms with E-state index in [1.54, 1.807) is 12.1 Å². The van der Waals surface area contributed by atoms with Crippen LogP contribution in [0.5, 0.6) is 0 Å². The van der Waals surface area contributed by atoms with Crippen LogP contribution in [0.25, 0.3) is 0 Å². The lowest BCUT2D eigenvalue weighted by Gasteiger charge is -2.10. The predicted molar refractivity (Wildman–Crippen MR) is 60.2 cm³/mol. The van der Waals surface area contributed by atoms with Gasteiger partial charge in [-0.15, -0.1) is 0 Å². The first-order chi connectivity index (χ1) is 7.33. The maximum Gasteiger partial charge on any atom is 0.241 e. The summed E-state index contributed by atoms with van der Waals surface area (Å²) in [5.74, 6) is -0.712. The van der Waals surface area contributed by atoms with Gasteiger partial charge >= 0.3 is 0 Å². The Morgan fingerprint density at radius 3 is 2.25 bits per heavy atom. The number of amides is 1. The van der Waals surface area contributed by atoms with E-state index < -0.39 is 22.0 Å². The lowest BCUT2D eigenvalue weighted by Crippen LogP contribution is -2.42.